The topological polar surface area (TPSA) is 81.8 Å². The Balaban J connectivity index is 2.07. The van der Waals surface area contributed by atoms with Crippen LogP contribution in [0.3, 0.4) is 0 Å². The van der Waals surface area contributed by atoms with E-state index in [0.717, 1.165) is 30.2 Å². The zero-order chi connectivity index (χ0) is 16.4. The number of nitrogens with zero attached hydrogens (tertiary/aromatic N) is 1. The molecule has 0 spiro atoms. The van der Waals surface area contributed by atoms with Gasteiger partial charge in [-0.1, -0.05) is 5.16 Å². The molecule has 0 unspecified atom stereocenters. The molecule has 23 heavy (non-hydrogen) atoms. The van der Waals surface area contributed by atoms with Gasteiger partial charge in [-0.3, -0.25) is 0 Å². The molecule has 1 aliphatic rings. The molecule has 0 bridgehead atoms. The standard InChI is InChI=1S/C16H16BrNO5/c1-21-12-7-6-10(17)14(11-8-13(16(19)20)23-18-11)15(12)22-9-4-2-3-5-9/h6-9H,2-5H2,1H3,(H,19,20). The van der Waals surface area contributed by atoms with E-state index in [4.69, 9.17) is 19.1 Å². The molecule has 0 saturated heterocycles. The van der Waals surface area contributed by atoms with E-state index in [9.17, 15) is 4.79 Å². The Morgan fingerprint density at radius 1 is 1.39 bits per heavy atom. The molecule has 1 N–H and O–H groups in total. The largest absolute Gasteiger partial charge is 0.493 e. The molecule has 7 heteroatoms. The summed E-state index contributed by atoms with van der Waals surface area (Å²) in [5.74, 6) is -0.253. The van der Waals surface area contributed by atoms with E-state index in [0.29, 0.717) is 22.8 Å². The highest BCUT2D eigenvalue weighted by molar-refractivity contribution is 9.10. The second-order valence-electron chi connectivity index (χ2n) is 5.36. The predicted octanol–water partition coefficient (Wildman–Crippen LogP) is 4.13. The summed E-state index contributed by atoms with van der Waals surface area (Å²) in [7, 11) is 1.57. The lowest BCUT2D eigenvalue weighted by molar-refractivity contribution is 0.0652. The van der Waals surface area contributed by atoms with Crippen molar-refractivity contribution in [3.8, 4) is 22.8 Å². The number of carboxylic acids is 1. The molecule has 2 aromatic rings. The molecule has 1 fully saturated rings. The molecule has 1 heterocycles. The molecule has 1 aromatic carbocycles. The van der Waals surface area contributed by atoms with Gasteiger partial charge in [-0.2, -0.15) is 0 Å². The van der Waals surface area contributed by atoms with Crippen LogP contribution in [-0.4, -0.2) is 29.4 Å². The summed E-state index contributed by atoms with van der Waals surface area (Å²) >= 11 is 3.48. The van der Waals surface area contributed by atoms with Crippen LogP contribution < -0.4 is 9.47 Å². The maximum Gasteiger partial charge on any atom is 0.374 e. The van der Waals surface area contributed by atoms with E-state index >= 15 is 0 Å². The Kier molecular flexibility index (Phi) is 4.56. The minimum atomic E-state index is -1.17. The van der Waals surface area contributed by atoms with Gasteiger partial charge in [-0.25, -0.2) is 4.79 Å². The fraction of sp³-hybridized carbons (Fsp3) is 0.375. The van der Waals surface area contributed by atoms with E-state index in [1.54, 1.807) is 13.2 Å². The zero-order valence-electron chi connectivity index (χ0n) is 12.5. The van der Waals surface area contributed by atoms with Crippen LogP contribution in [0.5, 0.6) is 11.5 Å². The van der Waals surface area contributed by atoms with Crippen molar-refractivity contribution < 1.29 is 23.9 Å². The summed E-state index contributed by atoms with van der Waals surface area (Å²) < 4.78 is 17.2. The number of hydrogen-bond donors (Lipinski definition) is 1. The highest BCUT2D eigenvalue weighted by Gasteiger charge is 2.25. The van der Waals surface area contributed by atoms with E-state index < -0.39 is 5.97 Å². The summed E-state index contributed by atoms with van der Waals surface area (Å²) in [6, 6.07) is 4.99. The van der Waals surface area contributed by atoms with Crippen molar-refractivity contribution >= 4 is 21.9 Å². The third-order valence-corrected chi connectivity index (χ3v) is 4.52. The van der Waals surface area contributed by atoms with Crippen LogP contribution >= 0.6 is 15.9 Å². The van der Waals surface area contributed by atoms with Crippen molar-refractivity contribution in [1.82, 2.24) is 5.16 Å². The predicted molar refractivity (Wildman–Crippen MR) is 86.0 cm³/mol. The van der Waals surface area contributed by atoms with Gasteiger partial charge in [0, 0.05) is 10.5 Å². The van der Waals surface area contributed by atoms with Gasteiger partial charge in [0.2, 0.25) is 5.76 Å². The van der Waals surface area contributed by atoms with Crippen molar-refractivity contribution in [2.24, 2.45) is 0 Å². The second-order valence-corrected chi connectivity index (χ2v) is 6.21. The van der Waals surface area contributed by atoms with Gasteiger partial charge in [0.1, 0.15) is 5.69 Å². The molecule has 0 atom stereocenters. The molecule has 1 aromatic heterocycles. The maximum absolute atomic E-state index is 11.0. The number of aromatic carboxylic acids is 1. The minimum absolute atomic E-state index is 0.128. The van der Waals surface area contributed by atoms with Crippen molar-refractivity contribution in [3.05, 3.63) is 28.4 Å². The van der Waals surface area contributed by atoms with Gasteiger partial charge in [-0.15, -0.1) is 0 Å². The molecule has 1 saturated carbocycles. The first-order valence-electron chi connectivity index (χ1n) is 7.33. The van der Waals surface area contributed by atoms with Gasteiger partial charge >= 0.3 is 5.97 Å². The third-order valence-electron chi connectivity index (χ3n) is 3.85. The molecule has 0 aliphatic heterocycles. The van der Waals surface area contributed by atoms with Gasteiger partial charge in [0.25, 0.3) is 0 Å². The summed E-state index contributed by atoms with van der Waals surface area (Å²) in [6.45, 7) is 0. The fourth-order valence-electron chi connectivity index (χ4n) is 2.72. The van der Waals surface area contributed by atoms with Crippen LogP contribution in [0, 0.1) is 0 Å². The zero-order valence-corrected chi connectivity index (χ0v) is 14.1. The minimum Gasteiger partial charge on any atom is -0.493 e. The Morgan fingerprint density at radius 3 is 2.74 bits per heavy atom. The molecule has 122 valence electrons. The van der Waals surface area contributed by atoms with Crippen molar-refractivity contribution in [3.63, 3.8) is 0 Å². The van der Waals surface area contributed by atoms with E-state index in [2.05, 4.69) is 21.1 Å². The number of carbonyl (C=O) groups is 1. The van der Waals surface area contributed by atoms with Gasteiger partial charge in [0.15, 0.2) is 11.5 Å². The highest BCUT2D eigenvalue weighted by Crippen LogP contribution is 2.44. The number of rotatable bonds is 5. The highest BCUT2D eigenvalue weighted by atomic mass is 79.9. The Morgan fingerprint density at radius 2 is 2.13 bits per heavy atom. The quantitative estimate of drug-likeness (QED) is 0.837. The average molecular weight is 382 g/mol. The third kappa shape index (κ3) is 3.19. The number of ether oxygens (including phenoxy) is 2. The normalized spacial score (nSPS) is 14.9. The van der Waals surface area contributed by atoms with E-state index in [-0.39, 0.29) is 11.9 Å². The molecule has 0 radical (unpaired) electrons. The van der Waals surface area contributed by atoms with Crippen LogP contribution in [-0.2, 0) is 0 Å². The average Bonchev–Trinajstić information content (AvgIpc) is 3.19. The van der Waals surface area contributed by atoms with Crippen LogP contribution in [0.2, 0.25) is 0 Å². The van der Waals surface area contributed by atoms with Gasteiger partial charge in [0.05, 0.1) is 18.8 Å². The number of carboxylic acid groups (broad SMARTS) is 1. The lowest BCUT2D eigenvalue weighted by Crippen LogP contribution is -2.12. The number of benzene rings is 1. The number of aromatic nitrogens is 1. The molecular weight excluding hydrogens is 366 g/mol. The van der Waals surface area contributed by atoms with Crippen LogP contribution in [0.25, 0.3) is 11.3 Å². The first kappa shape index (κ1) is 15.9. The molecule has 3 rings (SSSR count). The Hall–Kier alpha value is -2.02. The SMILES string of the molecule is COc1ccc(Br)c(-c2cc(C(=O)O)on2)c1OC1CCCC1. The monoisotopic (exact) mass is 381 g/mol. The van der Waals surface area contributed by atoms with Crippen LogP contribution in [0.1, 0.15) is 36.2 Å². The summed E-state index contributed by atoms with van der Waals surface area (Å²) in [6.07, 6.45) is 4.40. The maximum atomic E-state index is 11.0. The molecule has 1 aliphatic carbocycles. The van der Waals surface area contributed by atoms with Crippen molar-refractivity contribution in [2.45, 2.75) is 31.8 Å². The number of hydrogen-bond acceptors (Lipinski definition) is 5. The fourth-order valence-corrected chi connectivity index (χ4v) is 3.24. The van der Waals surface area contributed by atoms with E-state index in [1.165, 1.54) is 6.07 Å². The second kappa shape index (κ2) is 6.62. The summed E-state index contributed by atoms with van der Waals surface area (Å²) in [5.41, 5.74) is 1.02. The Bertz CT molecular complexity index is 721. The van der Waals surface area contributed by atoms with Crippen molar-refractivity contribution in [2.75, 3.05) is 7.11 Å². The summed E-state index contributed by atoms with van der Waals surface area (Å²) in [5, 5.41) is 12.9. The smallest absolute Gasteiger partial charge is 0.374 e. The first-order valence-corrected chi connectivity index (χ1v) is 8.13. The van der Waals surface area contributed by atoms with Gasteiger partial charge in [-0.05, 0) is 53.7 Å². The molecule has 6 nitrogen and oxygen atoms in total. The number of halogens is 1. The lowest BCUT2D eigenvalue weighted by atomic mass is 10.1. The van der Waals surface area contributed by atoms with Crippen LogP contribution in [0.4, 0.5) is 0 Å². The molecule has 0 amide bonds. The Labute approximate surface area is 141 Å². The van der Waals surface area contributed by atoms with Crippen molar-refractivity contribution in [1.29, 1.82) is 0 Å². The van der Waals surface area contributed by atoms with E-state index in [1.807, 2.05) is 6.07 Å². The number of methoxy groups -OCH3 is 1. The summed E-state index contributed by atoms with van der Waals surface area (Å²) in [4.78, 5) is 11.0. The first-order chi connectivity index (χ1) is 11.1. The van der Waals surface area contributed by atoms with Crippen LogP contribution in [0.15, 0.2) is 27.2 Å². The lowest BCUT2D eigenvalue weighted by Gasteiger charge is -2.19. The van der Waals surface area contributed by atoms with Gasteiger partial charge < -0.3 is 19.1 Å². The molecular formula is C16H16BrNO5.